The molecule has 0 aliphatic rings. The van der Waals surface area contributed by atoms with E-state index in [1.54, 1.807) is 7.05 Å². The van der Waals surface area contributed by atoms with Gasteiger partial charge in [0.2, 0.25) is 0 Å². The van der Waals surface area contributed by atoms with Crippen LogP contribution in [0.2, 0.25) is 0 Å². The molecular formula is C15H13F3IN. The lowest BCUT2D eigenvalue weighted by molar-refractivity contribution is 0.428. The molecule has 0 heterocycles. The summed E-state index contributed by atoms with van der Waals surface area (Å²) in [6.07, 6.45) is 0.495. The van der Waals surface area contributed by atoms with Crippen LogP contribution in [0.25, 0.3) is 0 Å². The monoisotopic (exact) mass is 391 g/mol. The van der Waals surface area contributed by atoms with Crippen LogP contribution in [0.5, 0.6) is 0 Å². The van der Waals surface area contributed by atoms with Gasteiger partial charge < -0.3 is 5.32 Å². The van der Waals surface area contributed by atoms with E-state index in [0.717, 1.165) is 15.2 Å². The van der Waals surface area contributed by atoms with Crippen molar-refractivity contribution >= 4 is 22.6 Å². The highest BCUT2D eigenvalue weighted by atomic mass is 127. The van der Waals surface area contributed by atoms with Crippen LogP contribution in [0.4, 0.5) is 13.2 Å². The average molecular weight is 391 g/mol. The first-order valence-electron chi connectivity index (χ1n) is 6.08. The second-order valence-corrected chi connectivity index (χ2v) is 5.68. The smallest absolute Gasteiger partial charge is 0.194 e. The molecule has 0 amide bonds. The van der Waals surface area contributed by atoms with E-state index < -0.39 is 23.5 Å². The Hall–Kier alpha value is -1.08. The quantitative estimate of drug-likeness (QED) is 0.608. The Morgan fingerprint density at radius 1 is 1.00 bits per heavy atom. The summed E-state index contributed by atoms with van der Waals surface area (Å²) in [4.78, 5) is 0. The Balaban J connectivity index is 2.29. The van der Waals surface area contributed by atoms with Gasteiger partial charge >= 0.3 is 0 Å². The van der Waals surface area contributed by atoms with E-state index >= 15 is 0 Å². The lowest BCUT2D eigenvalue weighted by Crippen LogP contribution is -2.21. The van der Waals surface area contributed by atoms with Crippen LogP contribution in [0.15, 0.2) is 36.4 Å². The van der Waals surface area contributed by atoms with Gasteiger partial charge in [0.25, 0.3) is 0 Å². The van der Waals surface area contributed by atoms with Crippen molar-refractivity contribution in [2.45, 2.75) is 12.5 Å². The van der Waals surface area contributed by atoms with Gasteiger partial charge in [-0.3, -0.25) is 0 Å². The topological polar surface area (TPSA) is 12.0 Å². The maximum atomic E-state index is 13.8. The molecule has 0 aliphatic carbocycles. The normalized spacial score (nSPS) is 12.4. The summed E-state index contributed by atoms with van der Waals surface area (Å²) in [6, 6.07) is 9.58. The minimum atomic E-state index is -1.43. The van der Waals surface area contributed by atoms with Gasteiger partial charge in [-0.25, -0.2) is 13.2 Å². The van der Waals surface area contributed by atoms with Crippen LogP contribution in [-0.4, -0.2) is 7.05 Å². The highest BCUT2D eigenvalue weighted by Gasteiger charge is 2.20. The fourth-order valence-corrected chi connectivity index (χ4v) is 2.39. The maximum absolute atomic E-state index is 13.8. The molecule has 1 nitrogen and oxygen atoms in total. The maximum Gasteiger partial charge on any atom is 0.194 e. The van der Waals surface area contributed by atoms with E-state index in [0.29, 0.717) is 6.42 Å². The second-order valence-electron chi connectivity index (χ2n) is 4.44. The molecule has 0 radical (unpaired) electrons. The molecular weight excluding hydrogens is 378 g/mol. The third-order valence-electron chi connectivity index (χ3n) is 3.14. The predicted octanol–water partition coefficient (Wildman–Crippen LogP) is 4.21. The zero-order valence-electron chi connectivity index (χ0n) is 10.8. The lowest BCUT2D eigenvalue weighted by atomic mass is 9.98. The van der Waals surface area contributed by atoms with E-state index in [9.17, 15) is 13.2 Å². The molecule has 0 bridgehead atoms. The molecule has 0 aromatic heterocycles. The minimum absolute atomic E-state index is 0.130. The van der Waals surface area contributed by atoms with Crippen molar-refractivity contribution in [3.63, 3.8) is 0 Å². The predicted molar refractivity (Wildman–Crippen MR) is 81.0 cm³/mol. The van der Waals surface area contributed by atoms with Crippen molar-refractivity contribution in [1.82, 2.24) is 5.32 Å². The molecule has 1 unspecified atom stereocenters. The molecule has 0 saturated heterocycles. The van der Waals surface area contributed by atoms with Gasteiger partial charge in [-0.1, -0.05) is 18.2 Å². The summed E-state index contributed by atoms with van der Waals surface area (Å²) < 4.78 is 41.2. The minimum Gasteiger partial charge on any atom is -0.313 e. The first-order valence-corrected chi connectivity index (χ1v) is 7.16. The van der Waals surface area contributed by atoms with Crippen LogP contribution in [0, 0.1) is 21.0 Å². The van der Waals surface area contributed by atoms with Gasteiger partial charge in [-0.05, 0) is 59.8 Å². The molecule has 1 N–H and O–H groups in total. The number of rotatable bonds is 4. The fourth-order valence-electron chi connectivity index (χ4n) is 2.03. The molecule has 1 atom stereocenters. The molecule has 5 heteroatoms. The molecule has 0 spiro atoms. The summed E-state index contributed by atoms with van der Waals surface area (Å²) in [5.41, 5.74) is 1.12. The molecule has 2 aromatic carbocycles. The molecule has 0 fully saturated rings. The Morgan fingerprint density at radius 3 is 2.25 bits per heavy atom. The van der Waals surface area contributed by atoms with Gasteiger partial charge in [0.05, 0.1) is 0 Å². The first-order chi connectivity index (χ1) is 9.52. The number of benzene rings is 2. The molecule has 2 rings (SSSR count). The zero-order valence-corrected chi connectivity index (χ0v) is 12.9. The Labute approximate surface area is 129 Å². The molecule has 106 valence electrons. The Morgan fingerprint density at radius 2 is 1.65 bits per heavy atom. The van der Waals surface area contributed by atoms with Crippen LogP contribution >= 0.6 is 22.6 Å². The van der Waals surface area contributed by atoms with E-state index in [1.165, 1.54) is 6.07 Å². The first kappa shape index (κ1) is 15.3. The zero-order chi connectivity index (χ0) is 14.7. The number of nitrogens with one attached hydrogen (secondary N) is 1. The highest BCUT2D eigenvalue weighted by Crippen LogP contribution is 2.24. The van der Waals surface area contributed by atoms with Crippen molar-refractivity contribution in [1.29, 1.82) is 0 Å². The van der Waals surface area contributed by atoms with Crippen LogP contribution in [0.1, 0.15) is 17.2 Å². The van der Waals surface area contributed by atoms with Crippen molar-refractivity contribution in [3.05, 3.63) is 68.5 Å². The lowest BCUT2D eigenvalue weighted by Gasteiger charge is -2.18. The van der Waals surface area contributed by atoms with E-state index in [4.69, 9.17) is 0 Å². The fraction of sp³-hybridized carbons (Fsp3) is 0.200. The van der Waals surface area contributed by atoms with Gasteiger partial charge in [0, 0.05) is 15.2 Å². The molecule has 2 aromatic rings. The summed E-state index contributed by atoms with van der Waals surface area (Å²) in [7, 11) is 1.66. The molecule has 20 heavy (non-hydrogen) atoms. The van der Waals surface area contributed by atoms with Crippen molar-refractivity contribution < 1.29 is 13.2 Å². The number of halogens is 4. The van der Waals surface area contributed by atoms with E-state index in [2.05, 4.69) is 27.9 Å². The standard InChI is InChI=1S/C15H13F3IN/c1-20-13(8-9-2-4-10(19)5-3-9)11-6-7-12(16)15(18)14(11)17/h2-7,13,20H,8H2,1H3. The average Bonchev–Trinajstić information content (AvgIpc) is 2.45. The van der Waals surface area contributed by atoms with Gasteiger partial charge in [0.15, 0.2) is 17.5 Å². The van der Waals surface area contributed by atoms with Gasteiger partial charge in [-0.2, -0.15) is 0 Å². The SMILES string of the molecule is CNC(Cc1ccc(I)cc1)c1ccc(F)c(F)c1F. The third kappa shape index (κ3) is 3.32. The summed E-state index contributed by atoms with van der Waals surface area (Å²) in [5, 5.41) is 2.94. The summed E-state index contributed by atoms with van der Waals surface area (Å²) in [6.45, 7) is 0. The van der Waals surface area contributed by atoms with Crippen molar-refractivity contribution in [2.24, 2.45) is 0 Å². The number of hydrogen-bond donors (Lipinski definition) is 1. The van der Waals surface area contributed by atoms with Gasteiger partial charge in [-0.15, -0.1) is 0 Å². The molecule has 0 aliphatic heterocycles. The summed E-state index contributed by atoms with van der Waals surface area (Å²) >= 11 is 2.20. The van der Waals surface area contributed by atoms with Gasteiger partial charge in [0.1, 0.15) is 0 Å². The van der Waals surface area contributed by atoms with Crippen molar-refractivity contribution in [2.75, 3.05) is 7.05 Å². The number of likely N-dealkylation sites (N-methyl/N-ethyl adjacent to an activating group) is 1. The van der Waals surface area contributed by atoms with Crippen LogP contribution in [0.3, 0.4) is 0 Å². The largest absolute Gasteiger partial charge is 0.313 e. The van der Waals surface area contributed by atoms with E-state index in [1.807, 2.05) is 24.3 Å². The van der Waals surface area contributed by atoms with Crippen LogP contribution in [-0.2, 0) is 6.42 Å². The summed E-state index contributed by atoms with van der Waals surface area (Å²) in [5.74, 6) is -3.73. The van der Waals surface area contributed by atoms with Crippen LogP contribution < -0.4 is 5.32 Å². The van der Waals surface area contributed by atoms with Crippen molar-refractivity contribution in [3.8, 4) is 0 Å². The van der Waals surface area contributed by atoms with E-state index in [-0.39, 0.29) is 5.56 Å². The highest BCUT2D eigenvalue weighted by molar-refractivity contribution is 14.1. The second kappa shape index (κ2) is 6.58. The Kier molecular flexibility index (Phi) is 5.04. The third-order valence-corrected chi connectivity index (χ3v) is 3.86. The number of hydrogen-bond acceptors (Lipinski definition) is 1. The Bertz CT molecular complexity index is 599. The molecule has 0 saturated carbocycles.